The van der Waals surface area contributed by atoms with Crippen LogP contribution in [0.1, 0.15) is 12.0 Å². The first-order valence-electron chi connectivity index (χ1n) is 9.86. The molecule has 0 unspecified atom stereocenters. The number of aromatic amines is 1. The number of nitrogens with two attached hydrogens (primary N) is 2. The van der Waals surface area contributed by atoms with Crippen molar-refractivity contribution in [1.82, 2.24) is 9.55 Å². The number of anilines is 3. The van der Waals surface area contributed by atoms with E-state index in [2.05, 4.69) is 10.3 Å². The standard InChI is InChI=1S/C21H24N6O5S/c1-26(11-10-17(28)24-15-8-5-9-16(12-15)33(23,31)32)18-19(22)27(21(30)25-20(18)29)13-14-6-3-2-4-7-14/h2-9,12H,10-11,13,22H2,1H3,(H,24,28)(H2,23,31,32)(H,25,29,30). The van der Waals surface area contributed by atoms with Gasteiger partial charge in [0.1, 0.15) is 11.5 Å². The molecule has 0 aliphatic heterocycles. The number of nitrogens with zero attached hydrogens (tertiary/aromatic N) is 2. The number of sulfonamides is 1. The van der Waals surface area contributed by atoms with Crippen LogP contribution in [0.25, 0.3) is 0 Å². The van der Waals surface area contributed by atoms with Gasteiger partial charge in [0.25, 0.3) is 5.56 Å². The molecule has 0 aliphatic rings. The first kappa shape index (κ1) is 23.8. The van der Waals surface area contributed by atoms with Crippen molar-refractivity contribution in [2.75, 3.05) is 29.5 Å². The molecule has 3 rings (SSSR count). The number of rotatable bonds is 8. The lowest BCUT2D eigenvalue weighted by Gasteiger charge is -2.21. The van der Waals surface area contributed by atoms with Crippen molar-refractivity contribution >= 4 is 33.1 Å². The van der Waals surface area contributed by atoms with Gasteiger partial charge in [-0.3, -0.25) is 19.1 Å². The van der Waals surface area contributed by atoms with Gasteiger partial charge in [0.05, 0.1) is 11.4 Å². The monoisotopic (exact) mass is 472 g/mol. The second kappa shape index (κ2) is 9.71. The normalized spacial score (nSPS) is 11.2. The molecule has 0 saturated heterocycles. The number of nitrogens with one attached hydrogen (secondary N) is 2. The largest absolute Gasteiger partial charge is 0.383 e. The number of hydrogen-bond acceptors (Lipinski definition) is 7. The zero-order valence-electron chi connectivity index (χ0n) is 17.8. The quantitative estimate of drug-likeness (QED) is 0.364. The highest BCUT2D eigenvalue weighted by Gasteiger charge is 2.17. The molecule has 0 bridgehead atoms. The lowest BCUT2D eigenvalue weighted by Crippen LogP contribution is -2.38. The zero-order valence-corrected chi connectivity index (χ0v) is 18.6. The van der Waals surface area contributed by atoms with Crippen molar-refractivity contribution in [2.24, 2.45) is 5.14 Å². The van der Waals surface area contributed by atoms with E-state index in [9.17, 15) is 22.8 Å². The Morgan fingerprint density at radius 2 is 1.82 bits per heavy atom. The first-order chi connectivity index (χ1) is 15.6. The van der Waals surface area contributed by atoms with Crippen LogP contribution in [0.4, 0.5) is 17.2 Å². The predicted molar refractivity (Wildman–Crippen MR) is 126 cm³/mol. The molecule has 1 heterocycles. The number of carbonyl (C=O) groups excluding carboxylic acids is 1. The van der Waals surface area contributed by atoms with E-state index in [4.69, 9.17) is 10.9 Å². The highest BCUT2D eigenvalue weighted by atomic mass is 32.2. The zero-order chi connectivity index (χ0) is 24.2. The molecule has 174 valence electrons. The van der Waals surface area contributed by atoms with Gasteiger partial charge >= 0.3 is 5.69 Å². The van der Waals surface area contributed by atoms with E-state index in [1.54, 1.807) is 7.05 Å². The van der Waals surface area contributed by atoms with E-state index in [0.29, 0.717) is 0 Å². The van der Waals surface area contributed by atoms with E-state index < -0.39 is 27.2 Å². The molecule has 33 heavy (non-hydrogen) atoms. The summed E-state index contributed by atoms with van der Waals surface area (Å²) < 4.78 is 24.2. The van der Waals surface area contributed by atoms with Crippen molar-refractivity contribution < 1.29 is 13.2 Å². The number of H-pyrrole nitrogens is 1. The van der Waals surface area contributed by atoms with Crippen molar-refractivity contribution in [2.45, 2.75) is 17.9 Å². The summed E-state index contributed by atoms with van der Waals surface area (Å²) in [5, 5.41) is 7.69. The summed E-state index contributed by atoms with van der Waals surface area (Å²) in [6.45, 7) is 0.279. The molecule has 0 radical (unpaired) electrons. The summed E-state index contributed by atoms with van der Waals surface area (Å²) in [6.07, 6.45) is -0.0349. The Morgan fingerprint density at radius 3 is 2.48 bits per heavy atom. The summed E-state index contributed by atoms with van der Waals surface area (Å²) in [5.41, 5.74) is 6.02. The maximum atomic E-state index is 12.4. The van der Waals surface area contributed by atoms with Gasteiger partial charge < -0.3 is 16.0 Å². The smallest absolute Gasteiger partial charge is 0.330 e. The average Bonchev–Trinajstić information content (AvgIpc) is 2.75. The third-order valence-electron chi connectivity index (χ3n) is 4.90. The Morgan fingerprint density at radius 1 is 1.12 bits per heavy atom. The van der Waals surface area contributed by atoms with E-state index in [1.807, 2.05) is 30.3 Å². The molecule has 1 aromatic heterocycles. The topological polar surface area (TPSA) is 173 Å². The number of hydrogen-bond donors (Lipinski definition) is 4. The fraction of sp³-hybridized carbons (Fsp3) is 0.190. The summed E-state index contributed by atoms with van der Waals surface area (Å²) in [4.78, 5) is 40.7. The summed E-state index contributed by atoms with van der Waals surface area (Å²) in [6, 6.07) is 14.7. The van der Waals surface area contributed by atoms with Gasteiger partial charge in [-0.1, -0.05) is 36.4 Å². The molecule has 0 spiro atoms. The van der Waals surface area contributed by atoms with Crippen LogP contribution in [0.2, 0.25) is 0 Å². The Balaban J connectivity index is 1.73. The number of carbonyl (C=O) groups is 1. The fourth-order valence-corrected chi connectivity index (χ4v) is 3.78. The number of aromatic nitrogens is 2. The van der Waals surface area contributed by atoms with Gasteiger partial charge in [-0.2, -0.15) is 0 Å². The Labute approximate surface area is 189 Å². The van der Waals surface area contributed by atoms with Gasteiger partial charge in [0.15, 0.2) is 0 Å². The molecule has 1 amide bonds. The molecule has 11 nitrogen and oxygen atoms in total. The first-order valence-corrected chi connectivity index (χ1v) is 11.4. The third-order valence-corrected chi connectivity index (χ3v) is 5.81. The molecule has 0 fully saturated rings. The molecule has 0 saturated carbocycles. The highest BCUT2D eigenvalue weighted by molar-refractivity contribution is 7.89. The minimum absolute atomic E-state index is 0.0173. The van der Waals surface area contributed by atoms with Crippen molar-refractivity contribution in [3.8, 4) is 0 Å². The Kier molecular flexibility index (Phi) is 6.99. The van der Waals surface area contributed by atoms with Gasteiger partial charge in [-0.05, 0) is 23.8 Å². The molecule has 0 atom stereocenters. The van der Waals surface area contributed by atoms with E-state index in [1.165, 1.54) is 33.7 Å². The second-order valence-corrected chi connectivity index (χ2v) is 8.92. The molecule has 6 N–H and O–H groups in total. The van der Waals surface area contributed by atoms with Gasteiger partial charge in [-0.25, -0.2) is 18.4 Å². The van der Waals surface area contributed by atoms with E-state index >= 15 is 0 Å². The predicted octanol–water partition coefficient (Wildman–Crippen LogP) is 0.280. The maximum Gasteiger partial charge on any atom is 0.330 e. The lowest BCUT2D eigenvalue weighted by molar-refractivity contribution is -0.116. The third kappa shape index (κ3) is 5.87. The highest BCUT2D eigenvalue weighted by Crippen LogP contribution is 2.17. The number of benzene rings is 2. The van der Waals surface area contributed by atoms with Crippen LogP contribution in [0, 0.1) is 0 Å². The van der Waals surface area contributed by atoms with Crippen LogP contribution in [-0.4, -0.2) is 37.5 Å². The lowest BCUT2D eigenvalue weighted by atomic mass is 10.2. The summed E-state index contributed by atoms with van der Waals surface area (Å²) >= 11 is 0. The van der Waals surface area contributed by atoms with Crippen LogP contribution in [0.3, 0.4) is 0 Å². The summed E-state index contributed by atoms with van der Waals surface area (Å²) in [7, 11) is -2.33. The maximum absolute atomic E-state index is 12.4. The second-order valence-electron chi connectivity index (χ2n) is 7.36. The molecule has 3 aromatic rings. The molecule has 2 aromatic carbocycles. The minimum atomic E-state index is -3.90. The van der Waals surface area contributed by atoms with Crippen LogP contribution in [0.15, 0.2) is 69.1 Å². The average molecular weight is 473 g/mol. The van der Waals surface area contributed by atoms with Crippen LogP contribution in [-0.2, 0) is 21.4 Å². The Bertz CT molecular complexity index is 1380. The van der Waals surface area contributed by atoms with E-state index in [0.717, 1.165) is 5.56 Å². The van der Waals surface area contributed by atoms with Gasteiger partial charge in [-0.15, -0.1) is 0 Å². The van der Waals surface area contributed by atoms with Crippen molar-refractivity contribution in [3.63, 3.8) is 0 Å². The SMILES string of the molecule is CN(CCC(=O)Nc1cccc(S(N)(=O)=O)c1)c1c(N)n(Cc2ccccc2)c(=O)[nH]c1=O. The van der Waals surface area contributed by atoms with Crippen molar-refractivity contribution in [1.29, 1.82) is 0 Å². The van der Waals surface area contributed by atoms with Crippen LogP contribution >= 0.6 is 0 Å². The molecular weight excluding hydrogens is 448 g/mol. The molecule has 0 aliphatic carbocycles. The minimum Gasteiger partial charge on any atom is -0.383 e. The number of amides is 1. The van der Waals surface area contributed by atoms with Crippen molar-refractivity contribution in [3.05, 3.63) is 81.0 Å². The van der Waals surface area contributed by atoms with E-state index in [-0.39, 0.29) is 41.6 Å². The fourth-order valence-electron chi connectivity index (χ4n) is 3.22. The van der Waals surface area contributed by atoms with Gasteiger partial charge in [0.2, 0.25) is 15.9 Å². The van der Waals surface area contributed by atoms with Crippen LogP contribution in [0.5, 0.6) is 0 Å². The Hall–Kier alpha value is -3.90. The van der Waals surface area contributed by atoms with Gasteiger partial charge in [0, 0.05) is 25.7 Å². The van der Waals surface area contributed by atoms with Crippen LogP contribution < -0.4 is 32.3 Å². The molecular formula is C21H24N6O5S. The number of nitrogen functional groups attached to an aromatic ring is 1. The molecule has 12 heteroatoms. The summed E-state index contributed by atoms with van der Waals surface area (Å²) in [5.74, 6) is -0.433. The number of primary sulfonamides is 1.